The molecule has 47 heavy (non-hydrogen) atoms. The van der Waals surface area contributed by atoms with E-state index in [1.54, 1.807) is 24.3 Å². The Kier molecular flexibility index (Phi) is 10.7. The molecule has 0 radical (unpaired) electrons. The van der Waals surface area contributed by atoms with E-state index in [0.717, 1.165) is 11.1 Å². The van der Waals surface area contributed by atoms with Gasteiger partial charge in [-0.25, -0.2) is 0 Å². The molecule has 0 spiro atoms. The molecule has 0 aliphatic carbocycles. The van der Waals surface area contributed by atoms with Gasteiger partial charge in [0.2, 0.25) is 0 Å². The monoisotopic (exact) mass is 634 g/mol. The summed E-state index contributed by atoms with van der Waals surface area (Å²) in [4.78, 5) is 24.7. The third kappa shape index (κ3) is 8.53. The van der Waals surface area contributed by atoms with Crippen LogP contribution in [0.4, 0.5) is 0 Å². The maximum atomic E-state index is 12.4. The minimum Gasteiger partial charge on any atom is -0.491 e. The van der Waals surface area contributed by atoms with Crippen LogP contribution in [-0.4, -0.2) is 52.9 Å². The Balaban J connectivity index is 0.793. The summed E-state index contributed by atoms with van der Waals surface area (Å²) in [6.07, 6.45) is 0. The van der Waals surface area contributed by atoms with Crippen molar-refractivity contribution in [2.75, 3.05) is 52.9 Å². The average Bonchev–Trinajstić information content (AvgIpc) is 3.11. The standard InChI is InChI=1S/C38H34O9/c39-33-25-37(46-35-7-3-1-5-31(33)35)27-9-13-29(14-10-27)44-23-21-42-19-17-41-18-20-43-22-24-45-30-15-11-28(12-16-30)38-26-34(40)32-6-2-4-8-36(32)47-38/h1-16,25-26H,17-24H2. The Morgan fingerprint density at radius 1 is 0.426 bits per heavy atom. The summed E-state index contributed by atoms with van der Waals surface area (Å²) in [6.45, 7) is 3.46. The Bertz CT molecular complexity index is 1860. The van der Waals surface area contributed by atoms with Crippen molar-refractivity contribution in [3.8, 4) is 34.1 Å². The minimum absolute atomic E-state index is 0.0719. The molecule has 0 aliphatic heterocycles. The molecule has 2 heterocycles. The van der Waals surface area contributed by atoms with Crippen LogP contribution in [0.15, 0.2) is 128 Å². The van der Waals surface area contributed by atoms with Crippen LogP contribution >= 0.6 is 0 Å². The van der Waals surface area contributed by atoms with Crippen LogP contribution in [-0.2, 0) is 14.2 Å². The number of hydrogen-bond acceptors (Lipinski definition) is 9. The first kappa shape index (κ1) is 31.7. The summed E-state index contributed by atoms with van der Waals surface area (Å²) < 4.78 is 40.0. The third-order valence-electron chi connectivity index (χ3n) is 7.28. The third-order valence-corrected chi connectivity index (χ3v) is 7.28. The van der Waals surface area contributed by atoms with Gasteiger partial charge in [-0.2, -0.15) is 0 Å². The number of benzene rings is 4. The molecule has 0 bridgehead atoms. The number of para-hydroxylation sites is 2. The van der Waals surface area contributed by atoms with E-state index in [0.29, 0.717) is 97.8 Å². The van der Waals surface area contributed by atoms with Gasteiger partial charge in [0, 0.05) is 23.3 Å². The maximum absolute atomic E-state index is 12.4. The van der Waals surface area contributed by atoms with Gasteiger partial charge < -0.3 is 32.5 Å². The summed E-state index contributed by atoms with van der Waals surface area (Å²) in [5.41, 5.74) is 2.57. The summed E-state index contributed by atoms with van der Waals surface area (Å²) in [7, 11) is 0. The molecule has 240 valence electrons. The van der Waals surface area contributed by atoms with Crippen LogP contribution in [0.25, 0.3) is 44.6 Å². The molecular formula is C38H34O9. The van der Waals surface area contributed by atoms with Crippen molar-refractivity contribution in [1.29, 1.82) is 0 Å². The smallest absolute Gasteiger partial charge is 0.193 e. The lowest BCUT2D eigenvalue weighted by Gasteiger charge is -2.10. The fourth-order valence-corrected chi connectivity index (χ4v) is 4.90. The average molecular weight is 635 g/mol. The first-order valence-electron chi connectivity index (χ1n) is 15.4. The SMILES string of the molecule is O=c1cc(-c2ccc(OCCOCCOCCOCCOc3ccc(-c4cc(=O)c5ccccc5o4)cc3)cc2)oc2ccccc12. The van der Waals surface area contributed by atoms with E-state index in [2.05, 4.69) is 0 Å². The van der Waals surface area contributed by atoms with Crippen LogP contribution < -0.4 is 20.3 Å². The van der Waals surface area contributed by atoms with Gasteiger partial charge in [-0.05, 0) is 72.8 Å². The molecule has 0 N–H and O–H groups in total. The molecule has 0 amide bonds. The lowest BCUT2D eigenvalue weighted by Crippen LogP contribution is -2.14. The highest BCUT2D eigenvalue weighted by Crippen LogP contribution is 2.25. The van der Waals surface area contributed by atoms with Crippen molar-refractivity contribution < 1.29 is 32.5 Å². The van der Waals surface area contributed by atoms with Gasteiger partial charge in [0.05, 0.1) is 50.4 Å². The Hall–Kier alpha value is -5.22. The molecule has 0 saturated heterocycles. The summed E-state index contributed by atoms with van der Waals surface area (Å²) in [5.74, 6) is 2.43. The van der Waals surface area contributed by atoms with E-state index in [1.807, 2.05) is 72.8 Å². The highest BCUT2D eigenvalue weighted by atomic mass is 16.6. The van der Waals surface area contributed by atoms with Gasteiger partial charge in [0.15, 0.2) is 10.9 Å². The van der Waals surface area contributed by atoms with E-state index in [4.69, 9.17) is 32.5 Å². The Morgan fingerprint density at radius 2 is 0.787 bits per heavy atom. The summed E-state index contributed by atoms with van der Waals surface area (Å²) >= 11 is 0. The van der Waals surface area contributed by atoms with Crippen molar-refractivity contribution in [3.05, 3.63) is 130 Å². The predicted octanol–water partition coefficient (Wildman–Crippen LogP) is 6.74. The van der Waals surface area contributed by atoms with Crippen molar-refractivity contribution in [3.63, 3.8) is 0 Å². The normalized spacial score (nSPS) is 11.2. The molecule has 0 aliphatic rings. The topological polar surface area (TPSA) is 107 Å². The molecule has 0 saturated carbocycles. The van der Waals surface area contributed by atoms with Crippen molar-refractivity contribution in [1.82, 2.24) is 0 Å². The fourth-order valence-electron chi connectivity index (χ4n) is 4.90. The van der Waals surface area contributed by atoms with Crippen molar-refractivity contribution in [2.24, 2.45) is 0 Å². The molecule has 0 fully saturated rings. The van der Waals surface area contributed by atoms with Crippen molar-refractivity contribution >= 4 is 21.9 Å². The van der Waals surface area contributed by atoms with Crippen molar-refractivity contribution in [2.45, 2.75) is 0 Å². The zero-order valence-electron chi connectivity index (χ0n) is 25.7. The second-order valence-electron chi connectivity index (χ2n) is 10.5. The van der Waals surface area contributed by atoms with Gasteiger partial charge in [-0.3, -0.25) is 9.59 Å². The number of fused-ring (bicyclic) bond motifs is 2. The highest BCUT2D eigenvalue weighted by molar-refractivity contribution is 5.79. The zero-order valence-corrected chi connectivity index (χ0v) is 25.7. The van der Waals surface area contributed by atoms with Crippen LogP contribution in [0.5, 0.6) is 11.5 Å². The highest BCUT2D eigenvalue weighted by Gasteiger charge is 2.08. The molecule has 2 aromatic heterocycles. The number of ether oxygens (including phenoxy) is 5. The molecule has 0 atom stereocenters. The molecular weight excluding hydrogens is 600 g/mol. The van der Waals surface area contributed by atoms with E-state index < -0.39 is 0 Å². The van der Waals surface area contributed by atoms with E-state index in [-0.39, 0.29) is 10.9 Å². The lowest BCUT2D eigenvalue weighted by atomic mass is 10.1. The molecule has 9 heteroatoms. The van der Waals surface area contributed by atoms with E-state index in [1.165, 1.54) is 12.1 Å². The van der Waals surface area contributed by atoms with Crippen LogP contribution in [0, 0.1) is 0 Å². The van der Waals surface area contributed by atoms with Gasteiger partial charge in [-0.15, -0.1) is 0 Å². The van der Waals surface area contributed by atoms with E-state index >= 15 is 0 Å². The minimum atomic E-state index is -0.0719. The van der Waals surface area contributed by atoms with Gasteiger partial charge in [-0.1, -0.05) is 24.3 Å². The van der Waals surface area contributed by atoms with Crippen LogP contribution in [0.3, 0.4) is 0 Å². The Labute approximate surface area is 270 Å². The second-order valence-corrected chi connectivity index (χ2v) is 10.5. The first-order chi connectivity index (χ1) is 23.1. The molecule has 6 rings (SSSR count). The van der Waals surface area contributed by atoms with Crippen LogP contribution in [0.2, 0.25) is 0 Å². The molecule has 9 nitrogen and oxygen atoms in total. The predicted molar refractivity (Wildman–Crippen MR) is 179 cm³/mol. The Morgan fingerprint density at radius 3 is 1.19 bits per heavy atom. The largest absolute Gasteiger partial charge is 0.491 e. The lowest BCUT2D eigenvalue weighted by molar-refractivity contribution is 0.00499. The summed E-state index contributed by atoms with van der Waals surface area (Å²) in [6, 6.07) is 32.2. The van der Waals surface area contributed by atoms with Crippen LogP contribution in [0.1, 0.15) is 0 Å². The first-order valence-corrected chi connectivity index (χ1v) is 15.4. The number of rotatable bonds is 16. The quantitative estimate of drug-likeness (QED) is 0.107. The van der Waals surface area contributed by atoms with Gasteiger partial charge in [0.25, 0.3) is 0 Å². The molecule has 6 aromatic rings. The summed E-state index contributed by atoms with van der Waals surface area (Å²) in [5, 5.41) is 1.13. The van der Waals surface area contributed by atoms with Gasteiger partial charge in [0.1, 0.15) is 47.4 Å². The molecule has 0 unspecified atom stereocenters. The second kappa shape index (κ2) is 15.9. The number of hydrogen-bond donors (Lipinski definition) is 0. The van der Waals surface area contributed by atoms with E-state index in [9.17, 15) is 9.59 Å². The van der Waals surface area contributed by atoms with Gasteiger partial charge >= 0.3 is 0 Å². The fraction of sp³-hybridized carbons (Fsp3) is 0.211. The molecule has 4 aromatic carbocycles. The maximum Gasteiger partial charge on any atom is 0.193 e. The zero-order chi connectivity index (χ0) is 32.3.